The molecule has 0 fully saturated rings. The van der Waals surface area contributed by atoms with Crippen LogP contribution in [-0.4, -0.2) is 29.7 Å². The molecule has 2 aromatic rings. The standard InChI is InChI=1S/C13H15ClN2O3S/c1-19-13(18)9-4-8(6-16-9)5-15-7-10(17)11-2-3-12(14)20-11/h2-4,6,10,15-17H,5,7H2,1H3. The highest BCUT2D eigenvalue weighted by molar-refractivity contribution is 7.16. The second-order valence-corrected chi connectivity index (χ2v) is 5.95. The lowest BCUT2D eigenvalue weighted by atomic mass is 10.2. The molecule has 0 spiro atoms. The van der Waals surface area contributed by atoms with Crippen LogP contribution in [0, 0.1) is 0 Å². The molecule has 1 atom stereocenters. The minimum Gasteiger partial charge on any atom is -0.464 e. The van der Waals surface area contributed by atoms with Crippen molar-refractivity contribution in [2.75, 3.05) is 13.7 Å². The van der Waals surface area contributed by atoms with E-state index in [4.69, 9.17) is 11.6 Å². The summed E-state index contributed by atoms with van der Waals surface area (Å²) in [6, 6.07) is 5.29. The molecular weight excluding hydrogens is 300 g/mol. The normalized spacial score (nSPS) is 12.3. The molecule has 0 saturated heterocycles. The molecule has 2 aromatic heterocycles. The van der Waals surface area contributed by atoms with Gasteiger partial charge in [-0.15, -0.1) is 11.3 Å². The average molecular weight is 315 g/mol. The molecule has 2 rings (SSSR count). The van der Waals surface area contributed by atoms with Gasteiger partial charge < -0.3 is 20.1 Å². The van der Waals surface area contributed by atoms with Gasteiger partial charge in [0.25, 0.3) is 0 Å². The van der Waals surface area contributed by atoms with Crippen molar-refractivity contribution in [3.05, 3.63) is 44.9 Å². The predicted octanol–water partition coefficient (Wildman–Crippen LogP) is 2.34. The van der Waals surface area contributed by atoms with Crippen LogP contribution in [0.2, 0.25) is 4.34 Å². The quantitative estimate of drug-likeness (QED) is 0.715. The van der Waals surface area contributed by atoms with Crippen molar-refractivity contribution in [1.29, 1.82) is 0 Å². The smallest absolute Gasteiger partial charge is 0.354 e. The monoisotopic (exact) mass is 314 g/mol. The number of H-pyrrole nitrogens is 1. The van der Waals surface area contributed by atoms with E-state index in [2.05, 4.69) is 15.0 Å². The Morgan fingerprint density at radius 3 is 3.05 bits per heavy atom. The largest absolute Gasteiger partial charge is 0.464 e. The maximum Gasteiger partial charge on any atom is 0.354 e. The molecule has 7 heteroatoms. The highest BCUT2D eigenvalue weighted by Gasteiger charge is 2.11. The molecule has 0 aliphatic heterocycles. The third-order valence-corrected chi connectivity index (χ3v) is 4.07. The minimum absolute atomic E-state index is 0.399. The Kier molecular flexibility index (Phi) is 5.19. The second kappa shape index (κ2) is 6.90. The highest BCUT2D eigenvalue weighted by Crippen LogP contribution is 2.26. The van der Waals surface area contributed by atoms with E-state index in [0.29, 0.717) is 23.1 Å². The lowest BCUT2D eigenvalue weighted by molar-refractivity contribution is 0.0595. The number of aromatic amines is 1. The number of ether oxygens (including phenoxy) is 1. The van der Waals surface area contributed by atoms with Gasteiger partial charge in [0.1, 0.15) is 11.8 Å². The van der Waals surface area contributed by atoms with Crippen LogP contribution in [0.1, 0.15) is 27.0 Å². The van der Waals surface area contributed by atoms with E-state index in [0.717, 1.165) is 10.4 Å². The number of hydrogen-bond acceptors (Lipinski definition) is 5. The fourth-order valence-electron chi connectivity index (χ4n) is 1.73. The number of methoxy groups -OCH3 is 1. The van der Waals surface area contributed by atoms with Crippen LogP contribution in [0.3, 0.4) is 0 Å². The first-order valence-electron chi connectivity index (χ1n) is 5.99. The van der Waals surface area contributed by atoms with Crippen LogP contribution in [0.15, 0.2) is 24.4 Å². The highest BCUT2D eigenvalue weighted by atomic mass is 35.5. The molecule has 0 saturated carbocycles. The Morgan fingerprint density at radius 2 is 2.40 bits per heavy atom. The number of hydrogen-bond donors (Lipinski definition) is 3. The summed E-state index contributed by atoms with van der Waals surface area (Å²) in [6.07, 6.45) is 1.14. The van der Waals surface area contributed by atoms with E-state index in [1.165, 1.54) is 18.4 Å². The predicted molar refractivity (Wildman–Crippen MR) is 78.1 cm³/mol. The van der Waals surface area contributed by atoms with E-state index >= 15 is 0 Å². The van der Waals surface area contributed by atoms with Gasteiger partial charge in [0.15, 0.2) is 0 Å². The van der Waals surface area contributed by atoms with Crippen LogP contribution in [0.4, 0.5) is 0 Å². The molecule has 1 unspecified atom stereocenters. The fraction of sp³-hybridized carbons (Fsp3) is 0.308. The number of aliphatic hydroxyl groups is 1. The zero-order valence-electron chi connectivity index (χ0n) is 10.9. The summed E-state index contributed by atoms with van der Waals surface area (Å²) in [7, 11) is 1.34. The first-order valence-corrected chi connectivity index (χ1v) is 7.19. The molecule has 0 amide bonds. The van der Waals surface area contributed by atoms with E-state index in [1.807, 2.05) is 6.07 Å². The van der Waals surface area contributed by atoms with Gasteiger partial charge in [0.2, 0.25) is 0 Å². The number of aromatic nitrogens is 1. The SMILES string of the molecule is COC(=O)c1cc(CNCC(O)c2ccc(Cl)s2)c[nH]1. The number of thiophene rings is 1. The van der Waals surface area contributed by atoms with Crippen molar-refractivity contribution < 1.29 is 14.6 Å². The van der Waals surface area contributed by atoms with Gasteiger partial charge in [-0.05, 0) is 23.8 Å². The third kappa shape index (κ3) is 3.83. The van der Waals surface area contributed by atoms with Crippen molar-refractivity contribution in [2.45, 2.75) is 12.6 Å². The Labute approximate surface area is 125 Å². The number of aliphatic hydroxyl groups excluding tert-OH is 1. The van der Waals surface area contributed by atoms with Crippen LogP contribution in [0.5, 0.6) is 0 Å². The average Bonchev–Trinajstić information content (AvgIpc) is 3.07. The summed E-state index contributed by atoms with van der Waals surface area (Å²) in [5, 5.41) is 13.1. The lowest BCUT2D eigenvalue weighted by Gasteiger charge is -2.09. The maximum atomic E-state index is 11.3. The van der Waals surface area contributed by atoms with Gasteiger partial charge in [0.05, 0.1) is 11.4 Å². The Balaban J connectivity index is 1.81. The molecule has 5 nitrogen and oxygen atoms in total. The summed E-state index contributed by atoms with van der Waals surface area (Å²) in [5.41, 5.74) is 1.33. The lowest BCUT2D eigenvalue weighted by Crippen LogP contribution is -2.20. The van der Waals surface area contributed by atoms with Crippen molar-refractivity contribution in [2.24, 2.45) is 0 Å². The maximum absolute atomic E-state index is 11.3. The van der Waals surface area contributed by atoms with Crippen LogP contribution in [0.25, 0.3) is 0 Å². The number of nitrogens with one attached hydrogen (secondary N) is 2. The third-order valence-electron chi connectivity index (χ3n) is 2.74. The molecule has 0 aliphatic carbocycles. The summed E-state index contributed by atoms with van der Waals surface area (Å²) < 4.78 is 5.27. The Morgan fingerprint density at radius 1 is 1.60 bits per heavy atom. The summed E-state index contributed by atoms with van der Waals surface area (Å²) in [6.45, 7) is 0.958. The zero-order valence-corrected chi connectivity index (χ0v) is 12.4. The van der Waals surface area contributed by atoms with E-state index in [9.17, 15) is 9.90 Å². The van der Waals surface area contributed by atoms with Crippen molar-refractivity contribution in [1.82, 2.24) is 10.3 Å². The van der Waals surface area contributed by atoms with Crippen molar-refractivity contribution >= 4 is 28.9 Å². The summed E-state index contributed by atoms with van der Waals surface area (Å²) in [4.78, 5) is 14.9. The number of rotatable bonds is 6. The van der Waals surface area contributed by atoms with Gasteiger partial charge in [-0.1, -0.05) is 11.6 Å². The number of esters is 1. The van der Waals surface area contributed by atoms with E-state index < -0.39 is 12.1 Å². The van der Waals surface area contributed by atoms with Crippen molar-refractivity contribution in [3.8, 4) is 0 Å². The van der Waals surface area contributed by atoms with Crippen molar-refractivity contribution in [3.63, 3.8) is 0 Å². The molecule has 0 aromatic carbocycles. The van der Waals surface area contributed by atoms with E-state index in [-0.39, 0.29) is 0 Å². The molecular formula is C13H15ClN2O3S. The van der Waals surface area contributed by atoms with Gasteiger partial charge in [-0.25, -0.2) is 4.79 Å². The molecule has 108 valence electrons. The topological polar surface area (TPSA) is 74.3 Å². The van der Waals surface area contributed by atoms with Gasteiger partial charge in [-0.2, -0.15) is 0 Å². The second-order valence-electron chi connectivity index (χ2n) is 4.20. The molecule has 2 heterocycles. The van der Waals surface area contributed by atoms with Crippen LogP contribution >= 0.6 is 22.9 Å². The number of carbonyl (C=O) groups excluding carboxylic acids is 1. The van der Waals surface area contributed by atoms with Gasteiger partial charge in [-0.3, -0.25) is 0 Å². The minimum atomic E-state index is -0.591. The number of halogens is 1. The summed E-state index contributed by atoms with van der Waals surface area (Å²) in [5.74, 6) is -0.399. The molecule has 20 heavy (non-hydrogen) atoms. The molecule has 3 N–H and O–H groups in total. The first-order chi connectivity index (χ1) is 9.60. The fourth-order valence-corrected chi connectivity index (χ4v) is 2.78. The Hall–Kier alpha value is -1.34. The van der Waals surface area contributed by atoms with Gasteiger partial charge >= 0.3 is 5.97 Å². The Bertz CT molecular complexity index is 582. The molecule has 0 bridgehead atoms. The summed E-state index contributed by atoms with van der Waals surface area (Å²) >= 11 is 7.18. The van der Waals surface area contributed by atoms with E-state index in [1.54, 1.807) is 18.3 Å². The first kappa shape index (κ1) is 15.1. The van der Waals surface area contributed by atoms with Gasteiger partial charge in [0, 0.05) is 24.2 Å². The number of carbonyl (C=O) groups is 1. The van der Waals surface area contributed by atoms with Crippen LogP contribution < -0.4 is 5.32 Å². The molecule has 0 radical (unpaired) electrons. The zero-order chi connectivity index (χ0) is 14.5. The van der Waals surface area contributed by atoms with Crippen LogP contribution in [-0.2, 0) is 11.3 Å². The molecule has 0 aliphatic rings.